The molecule has 0 aliphatic rings. The van der Waals surface area contributed by atoms with Gasteiger partial charge in [-0.3, -0.25) is 14.4 Å². The first kappa shape index (κ1) is 25.6. The summed E-state index contributed by atoms with van der Waals surface area (Å²) in [7, 11) is 3.17. The highest BCUT2D eigenvalue weighted by Crippen LogP contribution is 2.28. The van der Waals surface area contributed by atoms with Gasteiger partial charge in [-0.2, -0.15) is 0 Å². The van der Waals surface area contributed by atoms with Gasteiger partial charge in [0.15, 0.2) is 0 Å². The fraction of sp³-hybridized carbons (Fsp3) is 0.857. The van der Waals surface area contributed by atoms with Crippen molar-refractivity contribution in [2.75, 3.05) is 14.2 Å². The van der Waals surface area contributed by atoms with Gasteiger partial charge in [-0.25, -0.2) is 0 Å². The van der Waals surface area contributed by atoms with Crippen molar-refractivity contribution in [1.82, 2.24) is 4.90 Å². The van der Waals surface area contributed by atoms with Crippen LogP contribution in [0.2, 0.25) is 0 Å². The first-order valence-electron chi connectivity index (χ1n) is 9.82. The lowest BCUT2D eigenvalue weighted by molar-refractivity contribution is -0.149. The Morgan fingerprint density at radius 3 is 1.93 bits per heavy atom. The van der Waals surface area contributed by atoms with Crippen molar-refractivity contribution in [1.29, 1.82) is 0 Å². The normalized spacial score (nSPS) is 16.5. The number of Topliss-reactive ketones (excluding diaryl/α,β-unsaturated/α-hetero) is 1. The fourth-order valence-electron chi connectivity index (χ4n) is 3.28. The second-order valence-electron chi connectivity index (χ2n) is 8.93. The lowest BCUT2D eigenvalue weighted by Gasteiger charge is -2.39. The maximum absolute atomic E-state index is 13.3. The van der Waals surface area contributed by atoms with Crippen molar-refractivity contribution in [3.05, 3.63) is 0 Å². The smallest absolute Gasteiger partial charge is 0.306 e. The standard InChI is InChI=1S/C21H39NO5/c1-10-14(4)19(16(27-9)12-18(24)25)22(8)20(26)15(13(2)3)11-17(23)21(5,6)7/h13-16,19H,10-12H2,1-9H3,(H,24,25)/t14-,15-,16+,19?/m0/s1. The summed E-state index contributed by atoms with van der Waals surface area (Å²) in [5.74, 6) is -1.40. The molecule has 0 heterocycles. The number of rotatable bonds is 11. The number of ketones is 1. The third-order valence-electron chi connectivity index (χ3n) is 5.45. The summed E-state index contributed by atoms with van der Waals surface area (Å²) in [6, 6.07) is -0.366. The Kier molecular flexibility index (Phi) is 10.2. The molecule has 0 aliphatic carbocycles. The van der Waals surface area contributed by atoms with E-state index < -0.39 is 23.4 Å². The summed E-state index contributed by atoms with van der Waals surface area (Å²) >= 11 is 0. The third-order valence-corrected chi connectivity index (χ3v) is 5.45. The lowest BCUT2D eigenvalue weighted by Crippen LogP contribution is -2.52. The molecule has 4 atom stereocenters. The molecule has 0 fully saturated rings. The van der Waals surface area contributed by atoms with Crippen LogP contribution in [-0.2, 0) is 19.1 Å². The van der Waals surface area contributed by atoms with Gasteiger partial charge in [0.1, 0.15) is 5.78 Å². The molecule has 0 saturated heterocycles. The maximum atomic E-state index is 13.3. The van der Waals surface area contributed by atoms with E-state index in [0.29, 0.717) is 0 Å². The molecule has 6 nitrogen and oxygen atoms in total. The molecular formula is C21H39NO5. The van der Waals surface area contributed by atoms with Gasteiger partial charge in [-0.1, -0.05) is 54.9 Å². The van der Waals surface area contributed by atoms with E-state index in [0.717, 1.165) is 6.42 Å². The molecule has 0 bridgehead atoms. The molecule has 0 aromatic heterocycles. The summed E-state index contributed by atoms with van der Waals surface area (Å²) in [5, 5.41) is 9.22. The molecule has 6 heteroatoms. The topological polar surface area (TPSA) is 83.9 Å². The van der Waals surface area contributed by atoms with Crippen molar-refractivity contribution in [3.8, 4) is 0 Å². The Hall–Kier alpha value is -1.43. The quantitative estimate of drug-likeness (QED) is 0.587. The molecule has 0 radical (unpaired) electrons. The molecule has 0 aromatic rings. The van der Waals surface area contributed by atoms with Crippen molar-refractivity contribution in [3.63, 3.8) is 0 Å². The van der Waals surface area contributed by atoms with Gasteiger partial charge in [0.05, 0.1) is 18.6 Å². The number of ether oxygens (including phenoxy) is 1. The van der Waals surface area contributed by atoms with Gasteiger partial charge in [0.2, 0.25) is 5.91 Å². The van der Waals surface area contributed by atoms with E-state index in [1.165, 1.54) is 7.11 Å². The summed E-state index contributed by atoms with van der Waals surface area (Å²) in [6.07, 6.45) is 0.206. The average molecular weight is 386 g/mol. The van der Waals surface area contributed by atoms with E-state index in [1.54, 1.807) is 11.9 Å². The number of carbonyl (C=O) groups excluding carboxylic acids is 2. The molecule has 0 spiro atoms. The van der Waals surface area contributed by atoms with E-state index in [2.05, 4.69) is 0 Å². The zero-order valence-corrected chi connectivity index (χ0v) is 18.5. The van der Waals surface area contributed by atoms with Crippen molar-refractivity contribution in [2.24, 2.45) is 23.2 Å². The number of hydrogen-bond donors (Lipinski definition) is 1. The van der Waals surface area contributed by atoms with E-state index in [-0.39, 0.29) is 42.4 Å². The minimum Gasteiger partial charge on any atom is -0.481 e. The van der Waals surface area contributed by atoms with Crippen molar-refractivity contribution < 1.29 is 24.2 Å². The highest BCUT2D eigenvalue weighted by molar-refractivity contribution is 5.89. The number of nitrogens with zero attached hydrogens (tertiary/aromatic N) is 1. The highest BCUT2D eigenvalue weighted by atomic mass is 16.5. The number of likely N-dealkylation sites (N-methyl/N-ethyl adjacent to an activating group) is 1. The predicted octanol–water partition coefficient (Wildman–Crippen LogP) is 3.63. The Balaban J connectivity index is 5.70. The van der Waals surface area contributed by atoms with Gasteiger partial charge in [0, 0.05) is 31.9 Å². The molecule has 1 amide bonds. The summed E-state index contributed by atoms with van der Waals surface area (Å²) in [5.41, 5.74) is -0.500. The summed E-state index contributed by atoms with van der Waals surface area (Å²) in [6.45, 7) is 13.5. The largest absolute Gasteiger partial charge is 0.481 e. The molecule has 27 heavy (non-hydrogen) atoms. The molecule has 0 aliphatic heterocycles. The van der Waals surface area contributed by atoms with Crippen LogP contribution in [0.3, 0.4) is 0 Å². The van der Waals surface area contributed by atoms with Crippen LogP contribution in [0.15, 0.2) is 0 Å². The minimum absolute atomic E-state index is 0.00398. The summed E-state index contributed by atoms with van der Waals surface area (Å²) < 4.78 is 5.45. The van der Waals surface area contributed by atoms with Crippen LogP contribution < -0.4 is 0 Å². The van der Waals surface area contributed by atoms with Crippen molar-refractivity contribution in [2.45, 2.75) is 79.9 Å². The number of aliphatic carboxylic acids is 1. The number of amides is 1. The number of carboxylic acids is 1. The minimum atomic E-state index is -0.959. The van der Waals surface area contributed by atoms with Gasteiger partial charge in [0.25, 0.3) is 0 Å². The Bertz CT molecular complexity index is 509. The zero-order chi connectivity index (χ0) is 21.5. The van der Waals surface area contributed by atoms with Gasteiger partial charge < -0.3 is 14.7 Å². The molecule has 0 rings (SSSR count). The average Bonchev–Trinajstić information content (AvgIpc) is 2.55. The first-order valence-corrected chi connectivity index (χ1v) is 9.82. The number of carboxylic acid groups (broad SMARTS) is 1. The van der Waals surface area contributed by atoms with Crippen LogP contribution in [0, 0.1) is 23.2 Å². The monoisotopic (exact) mass is 385 g/mol. The predicted molar refractivity (Wildman–Crippen MR) is 106 cm³/mol. The van der Waals surface area contributed by atoms with Crippen LogP contribution >= 0.6 is 0 Å². The molecule has 1 unspecified atom stereocenters. The molecule has 0 aromatic carbocycles. The molecule has 158 valence electrons. The molecular weight excluding hydrogens is 346 g/mol. The van der Waals surface area contributed by atoms with E-state index in [4.69, 9.17) is 4.74 Å². The second-order valence-corrected chi connectivity index (χ2v) is 8.93. The summed E-state index contributed by atoms with van der Waals surface area (Å²) in [4.78, 5) is 38.7. The lowest BCUT2D eigenvalue weighted by atomic mass is 9.80. The fourth-order valence-corrected chi connectivity index (χ4v) is 3.28. The Morgan fingerprint density at radius 2 is 1.59 bits per heavy atom. The van der Waals surface area contributed by atoms with Crippen LogP contribution in [0.25, 0.3) is 0 Å². The molecule has 1 N–H and O–H groups in total. The van der Waals surface area contributed by atoms with E-state index >= 15 is 0 Å². The van der Waals surface area contributed by atoms with Crippen molar-refractivity contribution >= 4 is 17.7 Å². The van der Waals surface area contributed by atoms with Gasteiger partial charge in [-0.15, -0.1) is 0 Å². The zero-order valence-electron chi connectivity index (χ0n) is 18.5. The first-order chi connectivity index (χ1) is 12.3. The Morgan fingerprint density at radius 1 is 1.07 bits per heavy atom. The van der Waals surface area contributed by atoms with Crippen LogP contribution in [-0.4, -0.2) is 54.0 Å². The van der Waals surface area contributed by atoms with Crippen LogP contribution in [0.5, 0.6) is 0 Å². The molecule has 0 saturated carbocycles. The second kappa shape index (κ2) is 10.8. The SMILES string of the molecule is CC[C@H](C)C([C@@H](CC(=O)O)OC)N(C)C(=O)[C@@H](CC(=O)C(C)(C)C)C(C)C. The van der Waals surface area contributed by atoms with E-state index in [9.17, 15) is 19.5 Å². The Labute approximate surface area is 164 Å². The van der Waals surface area contributed by atoms with Gasteiger partial charge >= 0.3 is 5.97 Å². The highest BCUT2D eigenvalue weighted by Gasteiger charge is 2.38. The number of methoxy groups -OCH3 is 1. The number of carbonyl (C=O) groups is 3. The van der Waals surface area contributed by atoms with Gasteiger partial charge in [-0.05, 0) is 11.8 Å². The third kappa shape index (κ3) is 7.60. The van der Waals surface area contributed by atoms with Crippen LogP contribution in [0.1, 0.15) is 67.7 Å². The maximum Gasteiger partial charge on any atom is 0.306 e. The van der Waals surface area contributed by atoms with Crippen LogP contribution in [0.4, 0.5) is 0 Å². The van der Waals surface area contributed by atoms with E-state index in [1.807, 2.05) is 48.5 Å². The number of hydrogen-bond acceptors (Lipinski definition) is 4.